The molecule has 0 spiro atoms. The van der Waals surface area contributed by atoms with E-state index in [-0.39, 0.29) is 23.6 Å². The zero-order valence-electron chi connectivity index (χ0n) is 13.0. The minimum atomic E-state index is -0.0369. The fourth-order valence-electron chi connectivity index (χ4n) is 3.20. The highest BCUT2D eigenvalue weighted by molar-refractivity contribution is 8.00. The van der Waals surface area contributed by atoms with Gasteiger partial charge in [0.05, 0.1) is 12.4 Å². The number of likely N-dealkylation sites (tertiary alicyclic amines) is 1. The van der Waals surface area contributed by atoms with Gasteiger partial charge in [0.25, 0.3) is 0 Å². The Morgan fingerprint density at radius 2 is 1.86 bits per heavy atom. The summed E-state index contributed by atoms with van der Waals surface area (Å²) < 4.78 is 5.15. The van der Waals surface area contributed by atoms with E-state index in [1.54, 1.807) is 18.9 Å². The van der Waals surface area contributed by atoms with Gasteiger partial charge in [-0.05, 0) is 43.0 Å². The number of carbonyl (C=O) groups excluding carboxylic acids is 1. The van der Waals surface area contributed by atoms with Crippen molar-refractivity contribution in [2.45, 2.75) is 17.1 Å². The monoisotopic (exact) mass is 342 g/mol. The highest BCUT2D eigenvalue weighted by atomic mass is 35.5. The molecule has 2 fully saturated rings. The molecule has 3 atom stereocenters. The van der Waals surface area contributed by atoms with Crippen LogP contribution in [0.4, 0.5) is 0 Å². The number of halogens is 1. The van der Waals surface area contributed by atoms with Crippen LogP contribution in [-0.4, -0.2) is 49.3 Å². The summed E-state index contributed by atoms with van der Waals surface area (Å²) in [5.41, 5.74) is 0. The van der Waals surface area contributed by atoms with Crippen LogP contribution in [0.2, 0.25) is 0 Å². The lowest BCUT2D eigenvalue weighted by Gasteiger charge is -2.21. The maximum Gasteiger partial charge on any atom is 0.235 e. The summed E-state index contributed by atoms with van der Waals surface area (Å²) in [6.07, 6.45) is 0. The summed E-state index contributed by atoms with van der Waals surface area (Å²) in [7, 11) is 1.66. The molecular weight excluding hydrogens is 320 g/mol. The smallest absolute Gasteiger partial charge is 0.235 e. The van der Waals surface area contributed by atoms with E-state index in [2.05, 4.69) is 10.2 Å². The molecule has 122 valence electrons. The minimum absolute atomic E-state index is 0. The van der Waals surface area contributed by atoms with Crippen LogP contribution in [0.15, 0.2) is 29.2 Å². The van der Waals surface area contributed by atoms with Crippen LogP contribution in [0, 0.1) is 11.8 Å². The molecule has 1 aromatic rings. The zero-order valence-corrected chi connectivity index (χ0v) is 14.6. The zero-order chi connectivity index (χ0) is 14.8. The number of fused-ring (bicyclic) bond motifs is 1. The van der Waals surface area contributed by atoms with E-state index < -0.39 is 0 Å². The Bertz CT molecular complexity index is 499. The standard InChI is InChI=1S/C16H22N2O2S.ClH/c1-11(21-15-5-3-14(20-2)4-6-15)16(19)18-9-12-7-17-8-13(12)10-18;/h3-6,11-13,17H,7-10H2,1-2H3;1H/t11?,12-,13+;. The van der Waals surface area contributed by atoms with E-state index in [4.69, 9.17) is 4.74 Å². The van der Waals surface area contributed by atoms with Gasteiger partial charge in [0.2, 0.25) is 5.91 Å². The number of nitrogens with zero attached hydrogens (tertiary/aromatic N) is 1. The van der Waals surface area contributed by atoms with E-state index in [1.807, 2.05) is 31.2 Å². The molecule has 22 heavy (non-hydrogen) atoms. The van der Waals surface area contributed by atoms with Crippen molar-refractivity contribution in [2.75, 3.05) is 33.3 Å². The van der Waals surface area contributed by atoms with E-state index in [0.717, 1.165) is 36.8 Å². The van der Waals surface area contributed by atoms with Crippen LogP contribution in [0.5, 0.6) is 5.75 Å². The molecule has 3 rings (SSSR count). The summed E-state index contributed by atoms with van der Waals surface area (Å²) >= 11 is 1.62. The average Bonchev–Trinajstić information content (AvgIpc) is 3.08. The van der Waals surface area contributed by atoms with Crippen molar-refractivity contribution >= 4 is 30.1 Å². The second-order valence-corrected chi connectivity index (χ2v) is 7.27. The highest BCUT2D eigenvalue weighted by Crippen LogP contribution is 2.30. The molecule has 0 radical (unpaired) electrons. The molecule has 0 aromatic heterocycles. The Morgan fingerprint density at radius 1 is 1.27 bits per heavy atom. The van der Waals surface area contributed by atoms with Gasteiger partial charge in [-0.3, -0.25) is 4.79 Å². The van der Waals surface area contributed by atoms with Gasteiger partial charge in [0.15, 0.2) is 0 Å². The molecule has 6 heteroatoms. The Hall–Kier alpha value is -0.910. The number of hydrogen-bond acceptors (Lipinski definition) is 4. The molecule has 1 aromatic carbocycles. The predicted octanol–water partition coefficient (Wildman–Crippen LogP) is 2.28. The lowest BCUT2D eigenvalue weighted by atomic mass is 10.0. The summed E-state index contributed by atoms with van der Waals surface area (Å²) in [6, 6.07) is 7.89. The first-order valence-electron chi connectivity index (χ1n) is 7.47. The normalized spacial score (nSPS) is 24.5. The van der Waals surface area contributed by atoms with Gasteiger partial charge in [-0.2, -0.15) is 0 Å². The van der Waals surface area contributed by atoms with Gasteiger partial charge in [0.1, 0.15) is 5.75 Å². The van der Waals surface area contributed by atoms with E-state index in [9.17, 15) is 4.79 Å². The first-order valence-corrected chi connectivity index (χ1v) is 8.35. The highest BCUT2D eigenvalue weighted by Gasteiger charge is 2.39. The van der Waals surface area contributed by atoms with Gasteiger partial charge >= 0.3 is 0 Å². The molecule has 1 amide bonds. The lowest BCUT2D eigenvalue weighted by Crippen LogP contribution is -2.36. The molecule has 2 saturated heterocycles. The summed E-state index contributed by atoms with van der Waals surface area (Å²) in [6.45, 7) is 5.97. The third kappa shape index (κ3) is 3.70. The number of nitrogens with one attached hydrogen (secondary N) is 1. The number of benzene rings is 1. The van der Waals surface area contributed by atoms with Crippen LogP contribution in [-0.2, 0) is 4.79 Å². The van der Waals surface area contributed by atoms with Gasteiger partial charge in [-0.25, -0.2) is 0 Å². The van der Waals surface area contributed by atoms with Crippen LogP contribution >= 0.6 is 24.2 Å². The van der Waals surface area contributed by atoms with Gasteiger partial charge in [-0.15, -0.1) is 24.2 Å². The largest absolute Gasteiger partial charge is 0.497 e. The van der Waals surface area contributed by atoms with Crippen molar-refractivity contribution < 1.29 is 9.53 Å². The van der Waals surface area contributed by atoms with Crippen LogP contribution in [0.1, 0.15) is 6.92 Å². The van der Waals surface area contributed by atoms with Gasteiger partial charge < -0.3 is 15.0 Å². The molecule has 0 bridgehead atoms. The van der Waals surface area contributed by atoms with E-state index in [1.165, 1.54) is 0 Å². The number of thioether (sulfide) groups is 1. The van der Waals surface area contributed by atoms with Crippen molar-refractivity contribution in [1.29, 1.82) is 0 Å². The number of carbonyl (C=O) groups is 1. The maximum absolute atomic E-state index is 12.6. The molecule has 1 unspecified atom stereocenters. The van der Waals surface area contributed by atoms with Gasteiger partial charge in [-0.1, -0.05) is 0 Å². The molecule has 0 saturated carbocycles. The maximum atomic E-state index is 12.6. The van der Waals surface area contributed by atoms with Gasteiger partial charge in [0, 0.05) is 31.1 Å². The summed E-state index contributed by atoms with van der Waals surface area (Å²) in [5.74, 6) is 2.43. The SMILES string of the molecule is COc1ccc(SC(C)C(=O)N2C[C@H]3CNC[C@H]3C2)cc1.Cl. The molecular formula is C16H23ClN2O2S. The van der Waals surface area contributed by atoms with Crippen molar-refractivity contribution in [1.82, 2.24) is 10.2 Å². The van der Waals surface area contributed by atoms with Crippen LogP contribution in [0.3, 0.4) is 0 Å². The second kappa shape index (κ2) is 7.57. The number of methoxy groups -OCH3 is 1. The second-order valence-electron chi connectivity index (χ2n) is 5.86. The summed E-state index contributed by atoms with van der Waals surface area (Å²) in [5, 5.41) is 3.37. The van der Waals surface area contributed by atoms with E-state index in [0.29, 0.717) is 11.8 Å². The number of ether oxygens (including phenoxy) is 1. The third-order valence-electron chi connectivity index (χ3n) is 4.42. The van der Waals surface area contributed by atoms with Crippen LogP contribution < -0.4 is 10.1 Å². The molecule has 2 aliphatic heterocycles. The fourth-order valence-corrected chi connectivity index (χ4v) is 4.15. The molecule has 2 aliphatic rings. The first-order chi connectivity index (χ1) is 10.2. The topological polar surface area (TPSA) is 41.6 Å². The lowest BCUT2D eigenvalue weighted by molar-refractivity contribution is -0.129. The average molecular weight is 343 g/mol. The van der Waals surface area contributed by atoms with Crippen LogP contribution in [0.25, 0.3) is 0 Å². The minimum Gasteiger partial charge on any atom is -0.497 e. The van der Waals surface area contributed by atoms with Crippen molar-refractivity contribution in [3.63, 3.8) is 0 Å². The Morgan fingerprint density at radius 3 is 2.41 bits per heavy atom. The quantitative estimate of drug-likeness (QED) is 0.852. The third-order valence-corrected chi connectivity index (χ3v) is 5.52. The Labute approximate surface area is 142 Å². The van der Waals surface area contributed by atoms with Crippen molar-refractivity contribution in [3.8, 4) is 5.75 Å². The van der Waals surface area contributed by atoms with Crippen molar-refractivity contribution in [3.05, 3.63) is 24.3 Å². The molecule has 2 heterocycles. The first kappa shape index (κ1) is 17.4. The Balaban J connectivity index is 0.00000176. The predicted molar refractivity (Wildman–Crippen MR) is 92.0 cm³/mol. The molecule has 4 nitrogen and oxygen atoms in total. The molecule has 1 N–H and O–H groups in total. The van der Waals surface area contributed by atoms with Crippen molar-refractivity contribution in [2.24, 2.45) is 11.8 Å². The number of rotatable bonds is 4. The summed E-state index contributed by atoms with van der Waals surface area (Å²) in [4.78, 5) is 15.7. The number of amides is 1. The molecule has 0 aliphatic carbocycles. The Kier molecular flexibility index (Phi) is 6.01. The number of hydrogen-bond donors (Lipinski definition) is 1. The fraction of sp³-hybridized carbons (Fsp3) is 0.562. The van der Waals surface area contributed by atoms with E-state index >= 15 is 0 Å².